The molecule has 2 heteroatoms. The average Bonchev–Trinajstić information content (AvgIpc) is 2.44. The van der Waals surface area contributed by atoms with Crippen molar-refractivity contribution in [2.45, 2.75) is 44.1 Å². The van der Waals surface area contributed by atoms with Gasteiger partial charge in [0, 0.05) is 6.04 Å². The molecule has 0 saturated heterocycles. The molecule has 2 rings (SSSR count). The second-order valence-corrected chi connectivity index (χ2v) is 4.53. The number of nitrogens with two attached hydrogens (primary N) is 1. The Labute approximate surface area is 90.5 Å². The van der Waals surface area contributed by atoms with Crippen LogP contribution in [0.1, 0.15) is 43.6 Å². The number of hydrogen-bond donors (Lipinski definition) is 1. The third kappa shape index (κ3) is 2.78. The molecule has 0 radical (unpaired) electrons. The van der Waals surface area contributed by atoms with E-state index in [1.54, 1.807) is 12.1 Å². The van der Waals surface area contributed by atoms with Gasteiger partial charge in [-0.1, -0.05) is 25.0 Å². The highest BCUT2D eigenvalue weighted by Crippen LogP contribution is 2.31. The van der Waals surface area contributed by atoms with Gasteiger partial charge in [-0.25, -0.2) is 4.39 Å². The maximum Gasteiger partial charge on any atom is 0.123 e. The summed E-state index contributed by atoms with van der Waals surface area (Å²) in [7, 11) is 0. The fourth-order valence-corrected chi connectivity index (χ4v) is 2.44. The van der Waals surface area contributed by atoms with Crippen LogP contribution in [0.4, 0.5) is 4.39 Å². The quantitative estimate of drug-likeness (QED) is 0.703. The molecule has 0 aromatic heterocycles. The molecule has 2 atom stereocenters. The first kappa shape index (κ1) is 10.6. The lowest BCUT2D eigenvalue weighted by atomic mass is 9.90. The summed E-state index contributed by atoms with van der Waals surface area (Å²) in [5.41, 5.74) is 7.26. The van der Waals surface area contributed by atoms with Crippen LogP contribution in [0.3, 0.4) is 0 Å². The maximum absolute atomic E-state index is 12.8. The summed E-state index contributed by atoms with van der Waals surface area (Å²) in [4.78, 5) is 0. The lowest BCUT2D eigenvalue weighted by Crippen LogP contribution is -2.20. The van der Waals surface area contributed by atoms with Gasteiger partial charge in [0.2, 0.25) is 0 Å². The summed E-state index contributed by atoms with van der Waals surface area (Å²) < 4.78 is 12.8. The summed E-state index contributed by atoms with van der Waals surface area (Å²) in [5.74, 6) is 0.375. The molecule has 0 heterocycles. The molecule has 1 aliphatic carbocycles. The first-order valence-corrected chi connectivity index (χ1v) is 5.77. The Bertz CT molecular complexity index is 307. The Morgan fingerprint density at radius 2 is 1.73 bits per heavy atom. The first-order chi connectivity index (χ1) is 7.25. The van der Waals surface area contributed by atoms with Crippen LogP contribution in [0.5, 0.6) is 0 Å². The van der Waals surface area contributed by atoms with Gasteiger partial charge in [-0.05, 0) is 42.9 Å². The van der Waals surface area contributed by atoms with E-state index in [0.29, 0.717) is 12.0 Å². The molecule has 1 aromatic carbocycles. The van der Waals surface area contributed by atoms with Gasteiger partial charge in [-0.2, -0.15) is 0 Å². The van der Waals surface area contributed by atoms with Crippen molar-refractivity contribution in [2.75, 3.05) is 0 Å². The van der Waals surface area contributed by atoms with Gasteiger partial charge >= 0.3 is 0 Å². The van der Waals surface area contributed by atoms with Gasteiger partial charge in [-0.15, -0.1) is 0 Å². The number of hydrogen-bond acceptors (Lipinski definition) is 1. The van der Waals surface area contributed by atoms with Crippen molar-refractivity contribution < 1.29 is 4.39 Å². The van der Waals surface area contributed by atoms with Crippen LogP contribution in [0.15, 0.2) is 24.3 Å². The molecule has 0 amide bonds. The average molecular weight is 207 g/mol. The third-order valence-electron chi connectivity index (χ3n) is 3.31. The Kier molecular flexibility index (Phi) is 3.37. The molecule has 2 unspecified atom stereocenters. The lowest BCUT2D eigenvalue weighted by Gasteiger charge is -2.17. The zero-order chi connectivity index (χ0) is 10.7. The molecule has 1 nitrogen and oxygen atoms in total. The van der Waals surface area contributed by atoms with Crippen LogP contribution >= 0.6 is 0 Å². The van der Waals surface area contributed by atoms with Gasteiger partial charge in [0.1, 0.15) is 5.82 Å². The van der Waals surface area contributed by atoms with Crippen molar-refractivity contribution in [3.8, 4) is 0 Å². The third-order valence-corrected chi connectivity index (χ3v) is 3.31. The van der Waals surface area contributed by atoms with Crippen molar-refractivity contribution in [3.63, 3.8) is 0 Å². The molecular weight excluding hydrogens is 189 g/mol. The minimum absolute atomic E-state index is 0.156. The SMILES string of the molecule is NC1CCCCC(c2ccc(F)cc2)C1. The van der Waals surface area contributed by atoms with Gasteiger partial charge in [0.15, 0.2) is 0 Å². The van der Waals surface area contributed by atoms with E-state index in [1.807, 2.05) is 12.1 Å². The van der Waals surface area contributed by atoms with E-state index in [4.69, 9.17) is 5.73 Å². The molecule has 1 aliphatic rings. The van der Waals surface area contributed by atoms with Crippen LogP contribution in [0.25, 0.3) is 0 Å². The Morgan fingerprint density at radius 1 is 1.07 bits per heavy atom. The van der Waals surface area contributed by atoms with Crippen LogP contribution in [-0.2, 0) is 0 Å². The van der Waals surface area contributed by atoms with E-state index in [9.17, 15) is 4.39 Å². The molecule has 0 bridgehead atoms. The van der Waals surface area contributed by atoms with Crippen molar-refractivity contribution in [3.05, 3.63) is 35.6 Å². The summed E-state index contributed by atoms with van der Waals surface area (Å²) in [6.45, 7) is 0. The number of halogens is 1. The highest BCUT2D eigenvalue weighted by Gasteiger charge is 2.18. The molecule has 1 fully saturated rings. The molecule has 0 spiro atoms. The van der Waals surface area contributed by atoms with Gasteiger partial charge in [0.05, 0.1) is 0 Å². The molecular formula is C13H18FN. The van der Waals surface area contributed by atoms with Gasteiger partial charge in [-0.3, -0.25) is 0 Å². The van der Waals surface area contributed by atoms with Crippen LogP contribution < -0.4 is 5.73 Å². The zero-order valence-electron chi connectivity index (χ0n) is 8.95. The molecule has 1 saturated carbocycles. The molecule has 0 aliphatic heterocycles. The topological polar surface area (TPSA) is 26.0 Å². The van der Waals surface area contributed by atoms with Crippen LogP contribution in [0, 0.1) is 5.82 Å². The Morgan fingerprint density at radius 3 is 2.47 bits per heavy atom. The van der Waals surface area contributed by atoms with Crippen molar-refractivity contribution in [2.24, 2.45) is 5.73 Å². The minimum atomic E-state index is -0.156. The number of rotatable bonds is 1. The van der Waals surface area contributed by atoms with E-state index in [1.165, 1.54) is 24.8 Å². The second kappa shape index (κ2) is 4.75. The van der Waals surface area contributed by atoms with E-state index < -0.39 is 0 Å². The van der Waals surface area contributed by atoms with Crippen molar-refractivity contribution >= 4 is 0 Å². The molecule has 1 aromatic rings. The smallest absolute Gasteiger partial charge is 0.123 e. The van der Waals surface area contributed by atoms with E-state index >= 15 is 0 Å². The zero-order valence-corrected chi connectivity index (χ0v) is 8.95. The molecule has 82 valence electrons. The Balaban J connectivity index is 2.11. The summed E-state index contributed by atoms with van der Waals surface area (Å²) in [5, 5.41) is 0. The first-order valence-electron chi connectivity index (χ1n) is 5.77. The second-order valence-electron chi connectivity index (χ2n) is 4.53. The maximum atomic E-state index is 12.8. The minimum Gasteiger partial charge on any atom is -0.328 e. The highest BCUT2D eigenvalue weighted by atomic mass is 19.1. The van der Waals surface area contributed by atoms with E-state index in [-0.39, 0.29) is 5.82 Å². The lowest BCUT2D eigenvalue weighted by molar-refractivity contribution is 0.534. The van der Waals surface area contributed by atoms with Crippen LogP contribution in [-0.4, -0.2) is 6.04 Å². The summed E-state index contributed by atoms with van der Waals surface area (Å²) >= 11 is 0. The fourth-order valence-electron chi connectivity index (χ4n) is 2.44. The van der Waals surface area contributed by atoms with Gasteiger partial charge < -0.3 is 5.73 Å². The monoisotopic (exact) mass is 207 g/mol. The molecule has 2 N–H and O–H groups in total. The number of benzene rings is 1. The van der Waals surface area contributed by atoms with Crippen LogP contribution in [0.2, 0.25) is 0 Å². The standard InChI is InChI=1S/C13H18FN/c14-12-7-5-10(6-8-12)11-3-1-2-4-13(15)9-11/h5-8,11,13H,1-4,9,15H2. The van der Waals surface area contributed by atoms with Gasteiger partial charge in [0.25, 0.3) is 0 Å². The van der Waals surface area contributed by atoms with E-state index in [2.05, 4.69) is 0 Å². The predicted molar refractivity (Wildman–Crippen MR) is 60.2 cm³/mol. The Hall–Kier alpha value is -0.890. The highest BCUT2D eigenvalue weighted by molar-refractivity contribution is 5.20. The fraction of sp³-hybridized carbons (Fsp3) is 0.538. The van der Waals surface area contributed by atoms with Crippen molar-refractivity contribution in [1.82, 2.24) is 0 Å². The largest absolute Gasteiger partial charge is 0.328 e. The molecule has 15 heavy (non-hydrogen) atoms. The predicted octanol–water partition coefficient (Wildman–Crippen LogP) is 3.20. The van der Waals surface area contributed by atoms with Crippen molar-refractivity contribution in [1.29, 1.82) is 0 Å². The van der Waals surface area contributed by atoms with E-state index in [0.717, 1.165) is 12.8 Å². The summed E-state index contributed by atoms with van der Waals surface area (Å²) in [6.07, 6.45) is 5.86. The summed E-state index contributed by atoms with van der Waals surface area (Å²) in [6, 6.07) is 7.22. The normalized spacial score (nSPS) is 27.3.